The lowest BCUT2D eigenvalue weighted by molar-refractivity contribution is 0.0949. The second-order valence-corrected chi connectivity index (χ2v) is 5.03. The zero-order valence-corrected chi connectivity index (χ0v) is 11.0. The molecule has 0 saturated carbocycles. The Morgan fingerprint density at radius 2 is 2.05 bits per heavy atom. The molecule has 0 bridgehead atoms. The fourth-order valence-corrected chi connectivity index (χ4v) is 2.53. The second-order valence-electron chi connectivity index (χ2n) is 5.03. The van der Waals surface area contributed by atoms with Gasteiger partial charge in [0.15, 0.2) is 0 Å². The third kappa shape index (κ3) is 3.53. The van der Waals surface area contributed by atoms with E-state index in [4.69, 9.17) is 10.9 Å². The molecule has 4 N–H and O–H groups in total. The monoisotopic (exact) mass is 263 g/mol. The lowest BCUT2D eigenvalue weighted by Crippen LogP contribution is -2.35. The highest BCUT2D eigenvalue weighted by molar-refractivity contribution is 5.95. The minimum Gasteiger partial charge on any atom is -0.396 e. The van der Waals surface area contributed by atoms with Crippen molar-refractivity contribution < 1.29 is 9.90 Å². The van der Waals surface area contributed by atoms with Crippen LogP contribution in [0.25, 0.3) is 0 Å². The van der Waals surface area contributed by atoms with E-state index < -0.39 is 0 Å². The number of carbonyl (C=O) groups excluding carboxylic acids is 1. The lowest BCUT2D eigenvalue weighted by atomic mass is 9.97. The molecular weight excluding hydrogens is 242 g/mol. The molecule has 0 spiro atoms. The Labute approximate surface area is 113 Å². The summed E-state index contributed by atoms with van der Waals surface area (Å²) in [4.78, 5) is 14.0. The van der Waals surface area contributed by atoms with Crippen LogP contribution in [0, 0.1) is 5.92 Å². The maximum atomic E-state index is 11.7. The van der Waals surface area contributed by atoms with Crippen LogP contribution >= 0.6 is 0 Å². The van der Waals surface area contributed by atoms with Gasteiger partial charge in [-0.2, -0.15) is 0 Å². The molecule has 1 aromatic carbocycles. The summed E-state index contributed by atoms with van der Waals surface area (Å²) in [7, 11) is 0. The molecule has 5 nitrogen and oxygen atoms in total. The molecule has 104 valence electrons. The molecular formula is C14H21N3O2. The average Bonchev–Trinajstić information content (AvgIpc) is 2.48. The van der Waals surface area contributed by atoms with Crippen molar-refractivity contribution in [3.63, 3.8) is 0 Å². The van der Waals surface area contributed by atoms with Crippen molar-refractivity contribution in [3.05, 3.63) is 35.4 Å². The van der Waals surface area contributed by atoms with Crippen LogP contribution in [0.15, 0.2) is 24.3 Å². The zero-order chi connectivity index (χ0) is 13.7. The zero-order valence-electron chi connectivity index (χ0n) is 11.0. The number of nitrogens with zero attached hydrogens (tertiary/aromatic N) is 1. The first kappa shape index (κ1) is 14.0. The Hall–Kier alpha value is -1.43. The molecule has 1 amide bonds. The van der Waals surface area contributed by atoms with Crippen molar-refractivity contribution in [2.24, 2.45) is 11.8 Å². The molecule has 0 atom stereocenters. The van der Waals surface area contributed by atoms with Gasteiger partial charge in [0.2, 0.25) is 0 Å². The summed E-state index contributed by atoms with van der Waals surface area (Å²) in [6.07, 6.45) is 2.03. The predicted octanol–water partition coefficient (Wildman–Crippen LogP) is 0.494. The summed E-state index contributed by atoms with van der Waals surface area (Å²) in [5.74, 6) is 5.38. The molecule has 1 saturated heterocycles. The molecule has 19 heavy (non-hydrogen) atoms. The highest BCUT2D eigenvalue weighted by Crippen LogP contribution is 2.19. The van der Waals surface area contributed by atoms with Gasteiger partial charge in [-0.05, 0) is 43.5 Å². The first-order chi connectivity index (χ1) is 9.24. The number of aliphatic hydroxyl groups excluding tert-OH is 1. The van der Waals surface area contributed by atoms with Crippen LogP contribution in [0.3, 0.4) is 0 Å². The van der Waals surface area contributed by atoms with Crippen LogP contribution in [0.5, 0.6) is 0 Å². The summed E-state index contributed by atoms with van der Waals surface area (Å²) in [5, 5.41) is 9.13. The first-order valence-corrected chi connectivity index (χ1v) is 6.66. The van der Waals surface area contributed by atoms with Gasteiger partial charge in [0.25, 0.3) is 5.91 Å². The van der Waals surface area contributed by atoms with Crippen LogP contribution in [-0.2, 0) is 6.54 Å². The number of piperidine rings is 1. The number of nitrogens with two attached hydrogens (primary N) is 1. The summed E-state index contributed by atoms with van der Waals surface area (Å²) < 4.78 is 0. The quantitative estimate of drug-likeness (QED) is 0.420. The van der Waals surface area contributed by atoms with Crippen molar-refractivity contribution in [3.8, 4) is 0 Å². The van der Waals surface area contributed by atoms with Crippen LogP contribution in [0.2, 0.25) is 0 Å². The van der Waals surface area contributed by atoms with Crippen LogP contribution in [0.1, 0.15) is 28.8 Å². The van der Waals surface area contributed by atoms with Crippen LogP contribution in [0.4, 0.5) is 0 Å². The molecule has 1 aromatic rings. The molecule has 1 fully saturated rings. The number of rotatable bonds is 4. The Morgan fingerprint density at radius 3 is 2.68 bits per heavy atom. The molecule has 2 rings (SSSR count). The largest absolute Gasteiger partial charge is 0.396 e. The minimum atomic E-state index is -0.249. The van der Waals surface area contributed by atoms with Crippen molar-refractivity contribution in [2.45, 2.75) is 19.4 Å². The number of aliphatic hydroxyl groups is 1. The van der Waals surface area contributed by atoms with Gasteiger partial charge >= 0.3 is 0 Å². The molecule has 5 heteroatoms. The van der Waals surface area contributed by atoms with Crippen molar-refractivity contribution >= 4 is 5.91 Å². The van der Waals surface area contributed by atoms with Crippen molar-refractivity contribution in [1.82, 2.24) is 10.3 Å². The van der Waals surface area contributed by atoms with Gasteiger partial charge in [-0.3, -0.25) is 15.1 Å². The van der Waals surface area contributed by atoms with Crippen LogP contribution < -0.4 is 11.3 Å². The molecule has 1 heterocycles. The fraction of sp³-hybridized carbons (Fsp3) is 0.500. The topological polar surface area (TPSA) is 78.6 Å². The Morgan fingerprint density at radius 1 is 1.37 bits per heavy atom. The van der Waals surface area contributed by atoms with E-state index in [1.807, 2.05) is 18.2 Å². The molecule has 1 aliphatic rings. The maximum Gasteiger partial charge on any atom is 0.265 e. The van der Waals surface area contributed by atoms with Gasteiger partial charge in [0, 0.05) is 18.7 Å². The SMILES string of the molecule is NNC(=O)c1ccccc1CN1CCC(CO)CC1. The smallest absolute Gasteiger partial charge is 0.265 e. The number of hydrogen-bond acceptors (Lipinski definition) is 4. The molecule has 1 aliphatic heterocycles. The number of hydrazine groups is 1. The van der Waals surface area contributed by atoms with E-state index in [9.17, 15) is 4.79 Å². The number of likely N-dealkylation sites (tertiary alicyclic amines) is 1. The summed E-state index contributed by atoms with van der Waals surface area (Å²) in [6.45, 7) is 2.95. The van der Waals surface area contributed by atoms with E-state index >= 15 is 0 Å². The lowest BCUT2D eigenvalue weighted by Gasteiger charge is -2.31. The van der Waals surface area contributed by atoms with Gasteiger partial charge in [-0.25, -0.2) is 5.84 Å². The number of hydrogen-bond donors (Lipinski definition) is 3. The van der Waals surface area contributed by atoms with E-state index in [1.54, 1.807) is 6.07 Å². The van der Waals surface area contributed by atoms with Crippen molar-refractivity contribution in [2.75, 3.05) is 19.7 Å². The van der Waals surface area contributed by atoms with E-state index in [2.05, 4.69) is 10.3 Å². The van der Waals surface area contributed by atoms with Crippen LogP contribution in [-0.4, -0.2) is 35.6 Å². The van der Waals surface area contributed by atoms with Gasteiger partial charge in [0.1, 0.15) is 0 Å². The van der Waals surface area contributed by atoms with Gasteiger partial charge in [-0.1, -0.05) is 18.2 Å². The summed E-state index contributed by atoms with van der Waals surface area (Å²) >= 11 is 0. The number of carbonyl (C=O) groups is 1. The van der Waals surface area contributed by atoms with E-state index in [-0.39, 0.29) is 12.5 Å². The predicted molar refractivity (Wildman–Crippen MR) is 73.2 cm³/mol. The number of nitrogen functional groups attached to an aromatic ring is 1. The number of amides is 1. The van der Waals surface area contributed by atoms with E-state index in [0.29, 0.717) is 11.5 Å². The second kappa shape index (κ2) is 6.65. The van der Waals surface area contributed by atoms with Gasteiger partial charge in [-0.15, -0.1) is 0 Å². The molecule has 0 aliphatic carbocycles. The van der Waals surface area contributed by atoms with Crippen molar-refractivity contribution in [1.29, 1.82) is 0 Å². The number of benzene rings is 1. The summed E-state index contributed by atoms with van der Waals surface area (Å²) in [6, 6.07) is 7.52. The highest BCUT2D eigenvalue weighted by atomic mass is 16.3. The normalized spacial score (nSPS) is 17.4. The fourth-order valence-electron chi connectivity index (χ4n) is 2.53. The first-order valence-electron chi connectivity index (χ1n) is 6.66. The van der Waals surface area contributed by atoms with Gasteiger partial charge in [0.05, 0.1) is 0 Å². The molecule has 0 aromatic heterocycles. The maximum absolute atomic E-state index is 11.7. The minimum absolute atomic E-state index is 0.249. The third-order valence-electron chi connectivity index (χ3n) is 3.75. The van der Waals surface area contributed by atoms with E-state index in [0.717, 1.165) is 38.0 Å². The Kier molecular flexibility index (Phi) is 4.90. The standard InChI is InChI=1S/C14H21N3O2/c15-16-14(19)13-4-2-1-3-12(13)9-17-7-5-11(10-18)6-8-17/h1-4,11,18H,5-10,15H2,(H,16,19). The van der Waals surface area contributed by atoms with Gasteiger partial charge < -0.3 is 5.11 Å². The average molecular weight is 263 g/mol. The highest BCUT2D eigenvalue weighted by Gasteiger charge is 2.20. The Balaban J connectivity index is 2.01. The summed E-state index contributed by atoms with van der Waals surface area (Å²) in [5.41, 5.74) is 3.81. The van der Waals surface area contributed by atoms with E-state index in [1.165, 1.54) is 0 Å². The molecule has 0 radical (unpaired) electrons. The third-order valence-corrected chi connectivity index (χ3v) is 3.75. The number of nitrogens with one attached hydrogen (secondary N) is 1. The Bertz CT molecular complexity index is 428. The molecule has 0 unspecified atom stereocenters.